The molecule has 0 aliphatic heterocycles. The van der Waals surface area contributed by atoms with Crippen LogP contribution in [0.2, 0.25) is 0 Å². The van der Waals surface area contributed by atoms with Crippen molar-refractivity contribution in [1.29, 1.82) is 0 Å². The molecule has 2 aliphatic rings. The normalized spacial score (nSPS) is 13.4. The van der Waals surface area contributed by atoms with Crippen molar-refractivity contribution in [3.8, 4) is 11.1 Å². The second-order valence-corrected chi connectivity index (χ2v) is 14.5. The molecule has 5 aromatic heterocycles. The lowest BCUT2D eigenvalue weighted by Crippen LogP contribution is -2.06. The van der Waals surface area contributed by atoms with Gasteiger partial charge in [0, 0.05) is 83.5 Å². The maximum absolute atomic E-state index is 11.8. The van der Waals surface area contributed by atoms with Crippen molar-refractivity contribution in [2.75, 3.05) is 10.6 Å². The van der Waals surface area contributed by atoms with Crippen LogP contribution < -0.4 is 10.6 Å². The van der Waals surface area contributed by atoms with Gasteiger partial charge >= 0.3 is 11.9 Å². The number of carboxylic acids is 2. The molecule has 280 valence electrons. The minimum absolute atomic E-state index is 0.202. The lowest BCUT2D eigenvalue weighted by molar-refractivity contribution is 0.0686. The van der Waals surface area contributed by atoms with Gasteiger partial charge in [0.2, 0.25) is 0 Å². The molecule has 2 saturated carbocycles. The average Bonchev–Trinajstić information content (AvgIpc) is 4.13. The molecule has 0 saturated heterocycles. The van der Waals surface area contributed by atoms with Gasteiger partial charge in [0.1, 0.15) is 22.8 Å². The molecule has 0 atom stereocenters. The number of hydrogen-bond donors (Lipinski definition) is 4. The van der Waals surface area contributed by atoms with Gasteiger partial charge in [-0.15, -0.1) is 0 Å². The Morgan fingerprint density at radius 2 is 1.16 bits per heavy atom. The predicted molar refractivity (Wildman–Crippen MR) is 221 cm³/mol. The lowest BCUT2D eigenvalue weighted by Gasteiger charge is -2.13. The van der Waals surface area contributed by atoms with Gasteiger partial charge in [-0.2, -0.15) is 0 Å². The Hall–Kier alpha value is -6.01. The number of carboxylic acid groups (broad SMARTS) is 2. The number of aromatic nitrogens is 5. The van der Waals surface area contributed by atoms with Crippen LogP contribution in [0.15, 0.2) is 102 Å². The first-order valence-electron chi connectivity index (χ1n) is 18.4. The largest absolute Gasteiger partial charge is 0.478 e. The van der Waals surface area contributed by atoms with Crippen molar-refractivity contribution >= 4 is 72.7 Å². The zero-order valence-corrected chi connectivity index (χ0v) is 32.6. The van der Waals surface area contributed by atoms with E-state index < -0.39 is 11.9 Å². The van der Waals surface area contributed by atoms with Crippen LogP contribution >= 0.6 is 15.9 Å². The van der Waals surface area contributed by atoms with Crippen LogP contribution in [0.25, 0.3) is 32.9 Å². The maximum Gasteiger partial charge on any atom is 0.339 e. The van der Waals surface area contributed by atoms with E-state index in [2.05, 4.69) is 46.1 Å². The molecular weight excluding hydrogens is 758 g/mol. The van der Waals surface area contributed by atoms with Gasteiger partial charge in [0.05, 0.1) is 11.0 Å². The summed E-state index contributed by atoms with van der Waals surface area (Å²) >= 11 is 3.58. The van der Waals surface area contributed by atoms with Gasteiger partial charge in [-0.3, -0.25) is 4.98 Å². The summed E-state index contributed by atoms with van der Waals surface area (Å²) in [6, 6.07) is 19.5. The number of hydrogen-bond acceptors (Lipinski definition) is 7. The molecule has 55 heavy (non-hydrogen) atoms. The number of anilines is 4. The maximum atomic E-state index is 11.8. The summed E-state index contributed by atoms with van der Waals surface area (Å²) in [7, 11) is 4.00. The summed E-state index contributed by atoms with van der Waals surface area (Å²) in [5, 5.41) is 27.7. The van der Waals surface area contributed by atoms with Crippen LogP contribution in [0.3, 0.4) is 0 Å². The summed E-state index contributed by atoms with van der Waals surface area (Å²) in [5.74, 6) is -0.287. The Kier molecular flexibility index (Phi) is 10.7. The monoisotopic (exact) mass is 799 g/mol. The van der Waals surface area contributed by atoms with Crippen molar-refractivity contribution in [1.82, 2.24) is 24.1 Å². The number of fused-ring (bicyclic) bond motifs is 2. The number of nitrogens with zero attached hydrogens (tertiary/aromatic N) is 5. The van der Waals surface area contributed by atoms with Crippen molar-refractivity contribution in [3.63, 3.8) is 0 Å². The topological polar surface area (TPSA) is 147 Å². The highest BCUT2D eigenvalue weighted by atomic mass is 79.9. The Morgan fingerprint density at radius 3 is 1.65 bits per heavy atom. The molecule has 2 fully saturated rings. The molecule has 0 bridgehead atoms. The van der Waals surface area contributed by atoms with Gasteiger partial charge in [-0.05, 0) is 131 Å². The molecule has 12 heteroatoms. The van der Waals surface area contributed by atoms with E-state index >= 15 is 0 Å². The zero-order chi connectivity index (χ0) is 38.8. The third-order valence-electron chi connectivity index (χ3n) is 9.79. The minimum Gasteiger partial charge on any atom is -0.478 e. The fourth-order valence-electron chi connectivity index (χ4n) is 6.77. The van der Waals surface area contributed by atoms with Crippen molar-refractivity contribution < 1.29 is 19.8 Å². The van der Waals surface area contributed by atoms with E-state index in [1.165, 1.54) is 0 Å². The summed E-state index contributed by atoms with van der Waals surface area (Å²) < 4.78 is 5.07. The molecule has 0 amide bonds. The fraction of sp³-hybridized carbons (Fsp3) is 0.233. The number of aryl methyl sites for hydroxylation is 2. The van der Waals surface area contributed by atoms with E-state index in [1.807, 2.05) is 93.4 Å². The van der Waals surface area contributed by atoms with Crippen molar-refractivity contribution in [3.05, 3.63) is 125 Å². The van der Waals surface area contributed by atoms with E-state index in [0.29, 0.717) is 23.5 Å². The van der Waals surface area contributed by atoms with E-state index in [4.69, 9.17) is 0 Å². The molecule has 7 aromatic rings. The Balaban J connectivity index is 0.000000165. The number of pyridine rings is 3. The van der Waals surface area contributed by atoms with Gasteiger partial charge in [-0.1, -0.05) is 13.8 Å². The second kappa shape index (κ2) is 15.8. The van der Waals surface area contributed by atoms with Crippen molar-refractivity contribution in [2.45, 2.75) is 51.4 Å². The SMILES string of the molecule is CC.Cn1ccc2cc(Nc3ncc(C4CC4)cc3C(=O)O)cc(-c3ccncc3)c21.Cn1ccc2cc(Nc3ncc(C4CC4)cc3C(=O)O)cc(Br)c21. The Morgan fingerprint density at radius 1 is 0.691 bits per heavy atom. The number of carbonyl (C=O) groups is 2. The Labute approximate surface area is 327 Å². The van der Waals surface area contributed by atoms with E-state index in [9.17, 15) is 19.8 Å². The number of rotatable bonds is 9. The van der Waals surface area contributed by atoms with Crippen LogP contribution in [-0.4, -0.2) is 46.2 Å². The highest BCUT2D eigenvalue weighted by molar-refractivity contribution is 9.10. The first kappa shape index (κ1) is 37.3. The second-order valence-electron chi connectivity index (χ2n) is 13.7. The van der Waals surface area contributed by atoms with Gasteiger partial charge in [-0.25, -0.2) is 19.6 Å². The smallest absolute Gasteiger partial charge is 0.339 e. The molecule has 0 spiro atoms. The quantitative estimate of drug-likeness (QED) is 0.112. The molecule has 11 nitrogen and oxygen atoms in total. The summed E-state index contributed by atoms with van der Waals surface area (Å²) in [6.45, 7) is 4.00. The van der Waals surface area contributed by atoms with Crippen LogP contribution in [0.4, 0.5) is 23.0 Å². The highest BCUT2D eigenvalue weighted by Gasteiger charge is 2.27. The summed E-state index contributed by atoms with van der Waals surface area (Å²) in [6.07, 6.45) is 15.6. The summed E-state index contributed by atoms with van der Waals surface area (Å²) in [5.41, 5.74) is 8.32. The van der Waals surface area contributed by atoms with Gasteiger partial charge < -0.3 is 30.0 Å². The number of benzene rings is 2. The zero-order valence-electron chi connectivity index (χ0n) is 31.0. The highest BCUT2D eigenvalue weighted by Crippen LogP contribution is 2.42. The molecule has 2 aliphatic carbocycles. The Bertz CT molecular complexity index is 2540. The van der Waals surface area contributed by atoms with E-state index in [1.54, 1.807) is 36.9 Å². The molecule has 5 heterocycles. The van der Waals surface area contributed by atoms with Crippen molar-refractivity contribution in [2.24, 2.45) is 14.1 Å². The first-order valence-corrected chi connectivity index (χ1v) is 19.2. The van der Waals surface area contributed by atoms with Crippen LogP contribution in [-0.2, 0) is 14.1 Å². The molecule has 0 unspecified atom stereocenters. The average molecular weight is 801 g/mol. The van der Waals surface area contributed by atoms with E-state index in [0.717, 1.165) is 85.6 Å². The lowest BCUT2D eigenvalue weighted by atomic mass is 10.0. The first-order chi connectivity index (χ1) is 26.6. The summed E-state index contributed by atoms with van der Waals surface area (Å²) in [4.78, 5) is 36.3. The fourth-order valence-corrected chi connectivity index (χ4v) is 7.52. The number of halogens is 1. The van der Waals surface area contributed by atoms with E-state index in [-0.39, 0.29) is 11.1 Å². The standard InChI is InChI=1S/C23H20N4O2.C18H16BrN3O2.C2H6/c1-27-9-6-16-10-18(12-19(21(16)27)15-4-7-24-8-5-15)26-22-20(23(28)29)11-17(13-25-22)14-2-3-14;1-22-5-4-11-6-13(8-15(19)16(11)22)21-17-14(18(23)24)7-12(9-20-17)10-2-3-10;1-2/h4-14H,2-3H2,1H3,(H,25,26)(H,28,29);4-10H,2-3H2,1H3,(H,20,21)(H,23,24);1-2H3. The van der Waals surface area contributed by atoms with Gasteiger partial charge in [0.25, 0.3) is 0 Å². The molecule has 2 aromatic carbocycles. The predicted octanol–water partition coefficient (Wildman–Crippen LogP) is 10.6. The number of nitrogens with one attached hydrogen (secondary N) is 2. The number of aromatic carboxylic acids is 2. The van der Waals surface area contributed by atoms with Crippen LogP contribution in [0.1, 0.15) is 83.2 Å². The molecule has 9 rings (SSSR count). The molecule has 0 radical (unpaired) electrons. The minimum atomic E-state index is -0.974. The van der Waals surface area contributed by atoms with Crippen LogP contribution in [0.5, 0.6) is 0 Å². The third-order valence-corrected chi connectivity index (χ3v) is 10.4. The molecule has 4 N–H and O–H groups in total. The third kappa shape index (κ3) is 8.09. The van der Waals surface area contributed by atoms with Crippen LogP contribution in [0, 0.1) is 0 Å². The molecular formula is C43H42BrN7O4. The van der Waals surface area contributed by atoms with Gasteiger partial charge in [0.15, 0.2) is 0 Å².